The van der Waals surface area contributed by atoms with Crippen molar-refractivity contribution in [2.75, 3.05) is 5.73 Å². The number of nitrogens with zero attached hydrogens (tertiary/aromatic N) is 5. The van der Waals surface area contributed by atoms with Crippen LogP contribution >= 0.6 is 23.2 Å². The van der Waals surface area contributed by atoms with E-state index in [9.17, 15) is 8.78 Å². The predicted molar refractivity (Wildman–Crippen MR) is 102 cm³/mol. The fourth-order valence-corrected chi connectivity index (χ4v) is 2.96. The zero-order valence-electron chi connectivity index (χ0n) is 13.9. The van der Waals surface area contributed by atoms with Crippen molar-refractivity contribution in [2.24, 2.45) is 0 Å². The summed E-state index contributed by atoms with van der Waals surface area (Å²) in [5, 5.41) is 12.0. The SMILES string of the molecule is Nc1ncc(-c2ccc(Cl)c(Cl)c2)cc1-c1nnnn1-c1cccc(F)c1F. The van der Waals surface area contributed by atoms with Crippen LogP contribution in [0.25, 0.3) is 28.2 Å². The van der Waals surface area contributed by atoms with Crippen LogP contribution < -0.4 is 5.73 Å². The molecule has 0 unspecified atom stereocenters. The average molecular weight is 419 g/mol. The third kappa shape index (κ3) is 3.17. The molecular formula is C18H10Cl2F2N6. The van der Waals surface area contributed by atoms with Gasteiger partial charge in [-0.15, -0.1) is 5.10 Å². The third-order valence-corrected chi connectivity index (χ3v) is 4.78. The van der Waals surface area contributed by atoms with Crippen LogP contribution in [0.1, 0.15) is 0 Å². The van der Waals surface area contributed by atoms with E-state index in [-0.39, 0.29) is 17.3 Å². The van der Waals surface area contributed by atoms with Gasteiger partial charge < -0.3 is 5.73 Å². The molecule has 0 fully saturated rings. The van der Waals surface area contributed by atoms with E-state index in [2.05, 4.69) is 20.5 Å². The maximum atomic E-state index is 14.2. The summed E-state index contributed by atoms with van der Waals surface area (Å²) in [6, 6.07) is 10.5. The van der Waals surface area contributed by atoms with Crippen LogP contribution in [0.5, 0.6) is 0 Å². The molecule has 2 aromatic heterocycles. The predicted octanol–water partition coefficient (Wildman–Crippen LogP) is 4.56. The van der Waals surface area contributed by atoms with Crippen LogP contribution in [0.15, 0.2) is 48.7 Å². The molecule has 4 rings (SSSR count). The number of aromatic nitrogens is 5. The van der Waals surface area contributed by atoms with Gasteiger partial charge in [0.2, 0.25) is 0 Å². The van der Waals surface area contributed by atoms with Crippen molar-refractivity contribution in [3.8, 4) is 28.2 Å². The number of nitrogen functional groups attached to an aromatic ring is 1. The normalized spacial score (nSPS) is 11.0. The minimum Gasteiger partial charge on any atom is -0.383 e. The average Bonchev–Trinajstić information content (AvgIpc) is 3.16. The van der Waals surface area contributed by atoms with Crippen molar-refractivity contribution in [1.29, 1.82) is 0 Å². The highest BCUT2D eigenvalue weighted by molar-refractivity contribution is 6.42. The van der Waals surface area contributed by atoms with E-state index in [1.165, 1.54) is 12.1 Å². The Morgan fingerprint density at radius 2 is 1.79 bits per heavy atom. The molecule has 2 N–H and O–H groups in total. The molecule has 4 aromatic rings. The summed E-state index contributed by atoms with van der Waals surface area (Å²) >= 11 is 12.0. The maximum Gasteiger partial charge on any atom is 0.190 e. The number of benzene rings is 2. The summed E-state index contributed by atoms with van der Waals surface area (Å²) in [7, 11) is 0. The Kier molecular flexibility index (Phi) is 4.66. The summed E-state index contributed by atoms with van der Waals surface area (Å²) in [5.74, 6) is -1.87. The van der Waals surface area contributed by atoms with Gasteiger partial charge in [0.1, 0.15) is 11.5 Å². The minimum atomic E-state index is -1.08. The van der Waals surface area contributed by atoms with E-state index in [1.807, 2.05) is 0 Å². The van der Waals surface area contributed by atoms with E-state index < -0.39 is 11.6 Å². The lowest BCUT2D eigenvalue weighted by Crippen LogP contribution is -2.06. The zero-order valence-corrected chi connectivity index (χ0v) is 15.5. The van der Waals surface area contributed by atoms with Gasteiger partial charge in [-0.1, -0.05) is 35.3 Å². The fourth-order valence-electron chi connectivity index (χ4n) is 2.66. The third-order valence-electron chi connectivity index (χ3n) is 4.04. The first-order valence-corrected chi connectivity index (χ1v) is 8.65. The first kappa shape index (κ1) is 18.3. The minimum absolute atomic E-state index is 0.108. The van der Waals surface area contributed by atoms with Crippen LogP contribution in [0.4, 0.5) is 14.6 Å². The molecule has 6 nitrogen and oxygen atoms in total. The van der Waals surface area contributed by atoms with Gasteiger partial charge in [0.15, 0.2) is 17.5 Å². The van der Waals surface area contributed by atoms with Crippen LogP contribution in [-0.2, 0) is 0 Å². The van der Waals surface area contributed by atoms with Crippen LogP contribution in [-0.4, -0.2) is 25.2 Å². The van der Waals surface area contributed by atoms with Gasteiger partial charge in [-0.25, -0.2) is 13.8 Å². The Morgan fingerprint density at radius 3 is 2.57 bits per heavy atom. The summed E-state index contributed by atoms with van der Waals surface area (Å²) in [5.41, 5.74) is 7.58. The number of pyridine rings is 1. The second-order valence-electron chi connectivity index (χ2n) is 5.77. The van der Waals surface area contributed by atoms with E-state index in [0.29, 0.717) is 21.2 Å². The maximum absolute atomic E-state index is 14.2. The van der Waals surface area contributed by atoms with E-state index in [0.717, 1.165) is 16.3 Å². The standard InChI is InChI=1S/C18H10Cl2F2N6/c19-12-5-4-9(7-13(12)20)10-6-11(17(23)24-8-10)18-25-26-27-28(18)15-3-1-2-14(21)16(15)22/h1-8H,(H2,23,24). The molecule has 0 aliphatic rings. The Labute approximate surface area is 167 Å². The number of tetrazole rings is 1. The lowest BCUT2D eigenvalue weighted by atomic mass is 10.1. The van der Waals surface area contributed by atoms with Gasteiger partial charge in [-0.05, 0) is 46.3 Å². The lowest BCUT2D eigenvalue weighted by Gasteiger charge is -2.10. The number of nitrogens with two attached hydrogens (primary N) is 1. The highest BCUT2D eigenvalue weighted by Crippen LogP contribution is 2.32. The first-order chi connectivity index (χ1) is 13.5. The molecule has 0 spiro atoms. The lowest BCUT2D eigenvalue weighted by molar-refractivity contribution is 0.501. The van der Waals surface area contributed by atoms with Crippen LogP contribution in [0.2, 0.25) is 10.0 Å². The number of hydrogen-bond acceptors (Lipinski definition) is 5. The van der Waals surface area contributed by atoms with E-state index in [1.54, 1.807) is 30.5 Å². The van der Waals surface area contributed by atoms with Crippen molar-refractivity contribution in [1.82, 2.24) is 25.2 Å². The van der Waals surface area contributed by atoms with E-state index in [4.69, 9.17) is 28.9 Å². The Hall–Kier alpha value is -3.10. The van der Waals surface area contributed by atoms with Gasteiger partial charge in [-0.2, -0.15) is 4.68 Å². The smallest absolute Gasteiger partial charge is 0.190 e. The number of rotatable bonds is 3. The number of halogens is 4. The van der Waals surface area contributed by atoms with Gasteiger partial charge >= 0.3 is 0 Å². The molecule has 0 radical (unpaired) electrons. The molecule has 0 amide bonds. The Bertz CT molecular complexity index is 1190. The van der Waals surface area contributed by atoms with E-state index >= 15 is 0 Å². The van der Waals surface area contributed by atoms with Gasteiger partial charge in [0.25, 0.3) is 0 Å². The second kappa shape index (κ2) is 7.14. The zero-order chi connectivity index (χ0) is 19.8. The number of anilines is 1. The molecule has 2 heterocycles. The Balaban J connectivity index is 1.86. The molecule has 0 saturated heterocycles. The van der Waals surface area contributed by atoms with Crippen molar-refractivity contribution >= 4 is 29.0 Å². The molecule has 0 bridgehead atoms. The largest absolute Gasteiger partial charge is 0.383 e. The molecular weight excluding hydrogens is 409 g/mol. The molecule has 0 aliphatic heterocycles. The quantitative estimate of drug-likeness (QED) is 0.527. The van der Waals surface area contributed by atoms with Crippen LogP contribution in [0, 0.1) is 11.6 Å². The summed E-state index contributed by atoms with van der Waals surface area (Å²) in [4.78, 5) is 4.16. The summed E-state index contributed by atoms with van der Waals surface area (Å²) < 4.78 is 28.9. The monoisotopic (exact) mass is 418 g/mol. The highest BCUT2D eigenvalue weighted by Gasteiger charge is 2.19. The second-order valence-corrected chi connectivity index (χ2v) is 6.59. The molecule has 28 heavy (non-hydrogen) atoms. The van der Waals surface area contributed by atoms with Crippen molar-refractivity contribution < 1.29 is 8.78 Å². The highest BCUT2D eigenvalue weighted by atomic mass is 35.5. The molecule has 2 aromatic carbocycles. The fraction of sp³-hybridized carbons (Fsp3) is 0. The number of hydrogen-bond donors (Lipinski definition) is 1. The van der Waals surface area contributed by atoms with Crippen molar-refractivity contribution in [3.63, 3.8) is 0 Å². The van der Waals surface area contributed by atoms with Gasteiger partial charge in [0.05, 0.1) is 15.6 Å². The van der Waals surface area contributed by atoms with Crippen LogP contribution in [0.3, 0.4) is 0 Å². The summed E-state index contributed by atoms with van der Waals surface area (Å²) in [6.07, 6.45) is 1.55. The molecule has 0 saturated carbocycles. The van der Waals surface area contributed by atoms with Gasteiger partial charge in [-0.3, -0.25) is 0 Å². The molecule has 0 atom stereocenters. The summed E-state index contributed by atoms with van der Waals surface area (Å²) in [6.45, 7) is 0. The van der Waals surface area contributed by atoms with Crippen molar-refractivity contribution in [2.45, 2.75) is 0 Å². The van der Waals surface area contributed by atoms with Gasteiger partial charge in [0, 0.05) is 11.8 Å². The molecule has 140 valence electrons. The molecule has 10 heteroatoms. The molecule has 0 aliphatic carbocycles. The Morgan fingerprint density at radius 1 is 0.964 bits per heavy atom. The van der Waals surface area contributed by atoms with Crippen molar-refractivity contribution in [3.05, 3.63) is 70.3 Å². The topological polar surface area (TPSA) is 82.5 Å². The first-order valence-electron chi connectivity index (χ1n) is 7.90.